The number of amides is 2. The molecule has 2 fully saturated rings. The molecule has 41 heavy (non-hydrogen) atoms. The lowest BCUT2D eigenvalue weighted by Crippen LogP contribution is -2.56. The molecule has 238 valence electrons. The summed E-state index contributed by atoms with van der Waals surface area (Å²) in [5.41, 5.74) is 0. The molecule has 0 radical (unpaired) electrons. The summed E-state index contributed by atoms with van der Waals surface area (Å²) in [4.78, 5) is 25.8. The van der Waals surface area contributed by atoms with Crippen LogP contribution in [0.1, 0.15) is 90.9 Å². The second-order valence-corrected chi connectivity index (χ2v) is 13.7. The average Bonchev–Trinajstić information content (AvgIpc) is 2.95. The van der Waals surface area contributed by atoms with Crippen LogP contribution in [-0.2, 0) is 24.5 Å². The first kappa shape index (κ1) is 35.6. The van der Waals surface area contributed by atoms with Crippen LogP contribution in [0, 0.1) is 11.8 Å². The van der Waals surface area contributed by atoms with E-state index in [0.717, 1.165) is 25.2 Å². The van der Waals surface area contributed by atoms with Crippen LogP contribution >= 0.6 is 0 Å². The quantitative estimate of drug-likeness (QED) is 0.112. The average molecular weight is 603 g/mol. The number of aliphatic hydroxyl groups is 2. The maximum atomic E-state index is 13.2. The fraction of sp³-hybridized carbons (Fsp3) is 0.862. The monoisotopic (exact) mass is 602 g/mol. The summed E-state index contributed by atoms with van der Waals surface area (Å²) in [5.74, 6) is -0.208. The zero-order valence-corrected chi connectivity index (χ0v) is 25.9. The van der Waals surface area contributed by atoms with Gasteiger partial charge in [-0.1, -0.05) is 77.7 Å². The first-order valence-corrected chi connectivity index (χ1v) is 16.9. The molecule has 2 aliphatic rings. The van der Waals surface area contributed by atoms with Gasteiger partial charge in [0.1, 0.15) is 6.04 Å². The Kier molecular flexibility index (Phi) is 16.4. The van der Waals surface area contributed by atoms with Crippen molar-refractivity contribution in [3.63, 3.8) is 0 Å². The molecule has 0 aromatic carbocycles. The van der Waals surface area contributed by atoms with Gasteiger partial charge in [-0.2, -0.15) is 17.4 Å². The molecule has 2 rings (SSSR count). The van der Waals surface area contributed by atoms with Gasteiger partial charge in [0.25, 0.3) is 10.2 Å². The predicted molar refractivity (Wildman–Crippen MR) is 159 cm³/mol. The minimum atomic E-state index is -3.86. The third-order valence-corrected chi connectivity index (χ3v) is 9.53. The van der Waals surface area contributed by atoms with E-state index in [1.165, 1.54) is 48.9 Å². The first-order valence-electron chi connectivity index (χ1n) is 15.4. The largest absolute Gasteiger partial charge is 0.390 e. The highest BCUT2D eigenvalue weighted by Crippen LogP contribution is 2.28. The van der Waals surface area contributed by atoms with Crippen LogP contribution in [0.2, 0.25) is 0 Å². The number of hydrogen-bond acceptors (Lipinski definition) is 7. The Morgan fingerprint density at radius 1 is 1.05 bits per heavy atom. The minimum absolute atomic E-state index is 0.118. The summed E-state index contributed by atoms with van der Waals surface area (Å²) in [6.07, 6.45) is 11.0. The number of nitrogens with zero attached hydrogens (tertiary/aromatic N) is 1. The van der Waals surface area contributed by atoms with Crippen LogP contribution < -0.4 is 15.4 Å². The summed E-state index contributed by atoms with van der Waals surface area (Å²) in [7, 11) is -3.86. The molecule has 12 heteroatoms. The van der Waals surface area contributed by atoms with Gasteiger partial charge in [0.05, 0.1) is 38.0 Å². The molecule has 0 bridgehead atoms. The standard InChI is InChI=1S/C29H54N4O7S/c1-4-11-25(31-27(35)21-30-41(38,39)33-16-18-40-19-17-33)29(37)32-24(28(36)26(34)20-22(2)3)15-10-6-9-14-23-12-7-5-8-13-23/h4,22-26,28,30,34,36H,1,5-21H2,2-3H3,(H,31,35)(H,32,37)/t24-,25?,26-,28+/m0/s1. The molecule has 1 aliphatic heterocycles. The van der Waals surface area contributed by atoms with E-state index in [-0.39, 0.29) is 38.6 Å². The van der Waals surface area contributed by atoms with E-state index >= 15 is 0 Å². The van der Waals surface area contributed by atoms with Crippen molar-refractivity contribution >= 4 is 22.0 Å². The zero-order chi connectivity index (χ0) is 30.3. The molecule has 2 amide bonds. The van der Waals surface area contributed by atoms with Gasteiger partial charge in [-0.25, -0.2) is 0 Å². The van der Waals surface area contributed by atoms with Gasteiger partial charge in [-0.15, -0.1) is 6.58 Å². The molecular formula is C29H54N4O7S. The molecular weight excluding hydrogens is 548 g/mol. The number of aliphatic hydroxyl groups excluding tert-OH is 2. The van der Waals surface area contributed by atoms with Crippen LogP contribution in [0.15, 0.2) is 12.7 Å². The second kappa shape index (κ2) is 18.9. The Morgan fingerprint density at radius 3 is 2.37 bits per heavy atom. The van der Waals surface area contributed by atoms with Crippen LogP contribution in [0.3, 0.4) is 0 Å². The number of unbranched alkanes of at least 4 members (excludes halogenated alkanes) is 2. The van der Waals surface area contributed by atoms with Crippen molar-refractivity contribution in [2.75, 3.05) is 32.8 Å². The lowest BCUT2D eigenvalue weighted by molar-refractivity contribution is -0.130. The highest BCUT2D eigenvalue weighted by atomic mass is 32.2. The number of carbonyl (C=O) groups is 2. The highest BCUT2D eigenvalue weighted by Gasteiger charge is 2.31. The summed E-state index contributed by atoms with van der Waals surface area (Å²) in [5, 5.41) is 27.0. The lowest BCUT2D eigenvalue weighted by atomic mass is 9.85. The van der Waals surface area contributed by atoms with Crippen molar-refractivity contribution in [3.05, 3.63) is 12.7 Å². The van der Waals surface area contributed by atoms with Gasteiger partial charge in [-0.05, 0) is 31.1 Å². The van der Waals surface area contributed by atoms with Gasteiger partial charge in [0.15, 0.2) is 0 Å². The van der Waals surface area contributed by atoms with Crippen LogP contribution in [-0.4, -0.2) is 91.9 Å². The molecule has 1 heterocycles. The number of carbonyl (C=O) groups excluding carboxylic acids is 2. The molecule has 4 atom stereocenters. The highest BCUT2D eigenvalue weighted by molar-refractivity contribution is 7.87. The van der Waals surface area contributed by atoms with E-state index in [9.17, 15) is 28.2 Å². The van der Waals surface area contributed by atoms with E-state index in [1.807, 2.05) is 13.8 Å². The normalized spacial score (nSPS) is 20.2. The minimum Gasteiger partial charge on any atom is -0.390 e. The van der Waals surface area contributed by atoms with E-state index in [4.69, 9.17) is 4.74 Å². The predicted octanol–water partition coefficient (Wildman–Crippen LogP) is 2.00. The maximum Gasteiger partial charge on any atom is 0.280 e. The molecule has 0 aromatic heterocycles. The Bertz CT molecular complexity index is 890. The molecule has 1 unspecified atom stereocenters. The summed E-state index contributed by atoms with van der Waals surface area (Å²) in [6, 6.07) is -1.69. The molecule has 5 N–H and O–H groups in total. The van der Waals surface area contributed by atoms with Crippen LogP contribution in [0.4, 0.5) is 0 Å². The van der Waals surface area contributed by atoms with E-state index < -0.39 is 52.9 Å². The van der Waals surface area contributed by atoms with Crippen LogP contribution in [0.25, 0.3) is 0 Å². The fourth-order valence-corrected chi connectivity index (χ4v) is 6.76. The van der Waals surface area contributed by atoms with Gasteiger partial charge < -0.3 is 25.6 Å². The van der Waals surface area contributed by atoms with Crippen molar-refractivity contribution in [2.45, 2.75) is 115 Å². The van der Waals surface area contributed by atoms with Gasteiger partial charge in [-0.3, -0.25) is 9.59 Å². The lowest BCUT2D eigenvalue weighted by Gasteiger charge is -2.30. The topological polar surface area (TPSA) is 157 Å². The van der Waals surface area contributed by atoms with E-state index in [0.29, 0.717) is 12.8 Å². The molecule has 0 aromatic rings. The number of nitrogens with one attached hydrogen (secondary N) is 3. The molecule has 1 saturated heterocycles. The Hall–Kier alpha value is -1.57. The van der Waals surface area contributed by atoms with Crippen molar-refractivity contribution in [1.82, 2.24) is 19.7 Å². The van der Waals surface area contributed by atoms with Gasteiger partial charge in [0, 0.05) is 13.1 Å². The SMILES string of the molecule is C=CCC(NC(=O)CNS(=O)(=O)N1CCOCC1)C(=O)N[C@@H](CCCCCC1CCCCC1)[C@@H](O)[C@@H](O)CC(C)C. The third kappa shape index (κ3) is 13.5. The third-order valence-electron chi connectivity index (χ3n) is 7.98. The molecule has 0 spiro atoms. The van der Waals surface area contributed by atoms with Crippen molar-refractivity contribution < 1.29 is 33.0 Å². The Labute approximate surface area is 247 Å². The Morgan fingerprint density at radius 2 is 1.73 bits per heavy atom. The van der Waals surface area contributed by atoms with Gasteiger partial charge >= 0.3 is 0 Å². The Balaban J connectivity index is 1.93. The van der Waals surface area contributed by atoms with E-state index in [2.05, 4.69) is 21.9 Å². The summed E-state index contributed by atoms with van der Waals surface area (Å²) in [6.45, 7) is 8.03. The van der Waals surface area contributed by atoms with Crippen molar-refractivity contribution in [3.8, 4) is 0 Å². The number of morpholine rings is 1. The van der Waals surface area contributed by atoms with Gasteiger partial charge in [0.2, 0.25) is 11.8 Å². The van der Waals surface area contributed by atoms with Crippen LogP contribution in [0.5, 0.6) is 0 Å². The van der Waals surface area contributed by atoms with Crippen molar-refractivity contribution in [1.29, 1.82) is 0 Å². The smallest absolute Gasteiger partial charge is 0.280 e. The first-order chi connectivity index (χ1) is 19.5. The van der Waals surface area contributed by atoms with E-state index in [1.54, 1.807) is 0 Å². The maximum absolute atomic E-state index is 13.2. The van der Waals surface area contributed by atoms with Crippen molar-refractivity contribution in [2.24, 2.45) is 11.8 Å². The number of hydrogen-bond donors (Lipinski definition) is 5. The molecule has 11 nitrogen and oxygen atoms in total. The fourth-order valence-electron chi connectivity index (χ4n) is 5.63. The summed E-state index contributed by atoms with van der Waals surface area (Å²) >= 11 is 0. The number of rotatable bonds is 19. The second-order valence-electron chi connectivity index (χ2n) is 11.9. The number of ether oxygens (including phenoxy) is 1. The molecule has 1 aliphatic carbocycles. The summed E-state index contributed by atoms with van der Waals surface area (Å²) < 4.78 is 33.6. The molecule has 1 saturated carbocycles. The zero-order valence-electron chi connectivity index (χ0n) is 25.1.